The minimum Gasteiger partial charge on any atom is -0.497 e. The second kappa shape index (κ2) is 9.27. The molecule has 2 aromatic carbocycles. The Labute approximate surface area is 189 Å². The van der Waals surface area contributed by atoms with Gasteiger partial charge >= 0.3 is 0 Å². The van der Waals surface area contributed by atoms with Crippen molar-refractivity contribution in [1.29, 1.82) is 0 Å². The molecule has 4 rings (SSSR count). The monoisotopic (exact) mass is 475 g/mol. The molecule has 0 spiro atoms. The van der Waals surface area contributed by atoms with E-state index in [1.165, 1.54) is 23.5 Å². The number of benzene rings is 2. The normalized spacial score (nSPS) is 11.7. The van der Waals surface area contributed by atoms with Crippen LogP contribution in [0.4, 0.5) is 4.39 Å². The van der Waals surface area contributed by atoms with Gasteiger partial charge < -0.3 is 9.47 Å². The molecule has 168 valence electrons. The zero-order valence-corrected chi connectivity index (χ0v) is 19.2. The van der Waals surface area contributed by atoms with E-state index in [0.29, 0.717) is 11.5 Å². The number of hydrogen-bond acceptors (Lipinski definition) is 6. The molecule has 0 bridgehead atoms. The van der Waals surface area contributed by atoms with Gasteiger partial charge in [0.1, 0.15) is 23.9 Å². The Hall–Kier alpha value is -2.95. The van der Waals surface area contributed by atoms with Crippen LogP contribution < -0.4 is 14.2 Å². The number of sulfonamides is 1. The van der Waals surface area contributed by atoms with Crippen molar-refractivity contribution in [1.82, 2.24) is 14.1 Å². The van der Waals surface area contributed by atoms with Crippen molar-refractivity contribution in [3.05, 3.63) is 71.1 Å². The molecule has 2 aromatic heterocycles. The topological polar surface area (TPSA) is 81.9 Å². The molecule has 0 fully saturated rings. The number of nitrogens with one attached hydrogen (secondary N) is 1. The molecular formula is C22H22FN3O4S2. The second-order valence-electron chi connectivity index (χ2n) is 7.06. The number of thiazole rings is 1. The molecule has 0 saturated heterocycles. The molecule has 0 saturated carbocycles. The molecule has 0 atom stereocenters. The highest BCUT2D eigenvalue weighted by Gasteiger charge is 2.16. The van der Waals surface area contributed by atoms with Crippen LogP contribution in [0.15, 0.2) is 54.7 Å². The van der Waals surface area contributed by atoms with Crippen molar-refractivity contribution in [3.63, 3.8) is 0 Å². The Bertz CT molecular complexity index is 1310. The van der Waals surface area contributed by atoms with Gasteiger partial charge in [-0.05, 0) is 55.5 Å². The molecule has 0 amide bonds. The summed E-state index contributed by atoms with van der Waals surface area (Å²) in [6.45, 7) is 2.13. The van der Waals surface area contributed by atoms with Crippen LogP contribution >= 0.6 is 11.3 Å². The van der Waals surface area contributed by atoms with Crippen LogP contribution in [0.5, 0.6) is 11.5 Å². The van der Waals surface area contributed by atoms with Crippen molar-refractivity contribution < 1.29 is 22.3 Å². The van der Waals surface area contributed by atoms with Gasteiger partial charge in [0.25, 0.3) is 0 Å². The highest BCUT2D eigenvalue weighted by molar-refractivity contribution is 7.89. The minimum atomic E-state index is -3.51. The summed E-state index contributed by atoms with van der Waals surface area (Å²) in [5.74, 6) is 0.826. The number of halogens is 1. The Morgan fingerprint density at radius 3 is 2.44 bits per heavy atom. The predicted molar refractivity (Wildman–Crippen MR) is 122 cm³/mol. The van der Waals surface area contributed by atoms with E-state index in [0.717, 1.165) is 26.8 Å². The number of ether oxygens (including phenoxy) is 2. The lowest BCUT2D eigenvalue weighted by atomic mass is 10.2. The van der Waals surface area contributed by atoms with E-state index in [2.05, 4.69) is 9.71 Å². The van der Waals surface area contributed by atoms with Crippen molar-refractivity contribution in [3.8, 4) is 22.8 Å². The number of fused-ring (bicyclic) bond motifs is 1. The van der Waals surface area contributed by atoms with Gasteiger partial charge in [-0.3, -0.25) is 4.40 Å². The first-order chi connectivity index (χ1) is 15.3. The molecule has 0 aliphatic rings. The number of imidazole rings is 1. The highest BCUT2D eigenvalue weighted by Crippen LogP contribution is 2.27. The van der Waals surface area contributed by atoms with E-state index in [1.54, 1.807) is 43.5 Å². The first kappa shape index (κ1) is 22.3. The van der Waals surface area contributed by atoms with E-state index >= 15 is 0 Å². The fourth-order valence-electron chi connectivity index (χ4n) is 3.11. The van der Waals surface area contributed by atoms with Crippen LogP contribution in [0.1, 0.15) is 10.6 Å². The van der Waals surface area contributed by atoms with Crippen LogP contribution in [0.2, 0.25) is 0 Å². The van der Waals surface area contributed by atoms with Gasteiger partial charge in [0.05, 0.1) is 18.6 Å². The first-order valence-corrected chi connectivity index (χ1v) is 12.3. The molecule has 7 nitrogen and oxygen atoms in total. The number of rotatable bonds is 9. The van der Waals surface area contributed by atoms with Crippen LogP contribution in [0.25, 0.3) is 16.2 Å². The SMILES string of the molecule is COc1ccc(OCCS(=O)(=O)NCc2sc3nc(-c4ccc(F)cc4)cn3c2C)cc1. The fraction of sp³-hybridized carbons (Fsp3) is 0.227. The average Bonchev–Trinajstić information content (AvgIpc) is 3.32. The van der Waals surface area contributed by atoms with Gasteiger partial charge in [0.2, 0.25) is 10.0 Å². The summed E-state index contributed by atoms with van der Waals surface area (Å²) in [7, 11) is -1.94. The Morgan fingerprint density at radius 1 is 1.09 bits per heavy atom. The lowest BCUT2D eigenvalue weighted by Crippen LogP contribution is -2.28. The van der Waals surface area contributed by atoms with Crippen LogP contribution in [0, 0.1) is 12.7 Å². The zero-order chi connectivity index (χ0) is 22.7. The molecule has 4 aromatic rings. The maximum Gasteiger partial charge on any atom is 0.215 e. The maximum absolute atomic E-state index is 13.1. The van der Waals surface area contributed by atoms with E-state index in [-0.39, 0.29) is 24.7 Å². The summed E-state index contributed by atoms with van der Waals surface area (Å²) < 4.78 is 53.0. The lowest BCUT2D eigenvalue weighted by molar-refractivity contribution is 0.339. The summed E-state index contributed by atoms with van der Waals surface area (Å²) in [5.41, 5.74) is 2.46. The second-order valence-corrected chi connectivity index (χ2v) is 10.0. The van der Waals surface area contributed by atoms with E-state index < -0.39 is 10.0 Å². The number of methoxy groups -OCH3 is 1. The molecule has 0 radical (unpaired) electrons. The third kappa shape index (κ3) is 5.09. The maximum atomic E-state index is 13.1. The third-order valence-corrected chi connectivity index (χ3v) is 7.37. The summed E-state index contributed by atoms with van der Waals surface area (Å²) in [6.07, 6.45) is 1.87. The van der Waals surface area contributed by atoms with E-state index in [4.69, 9.17) is 9.47 Å². The summed E-state index contributed by atoms with van der Waals surface area (Å²) in [5, 5.41) is 0. The molecule has 0 aliphatic carbocycles. The standard InChI is InChI=1S/C22H22FN3O4S2/c1-15-21(31-22-25-20(14-26(15)22)16-3-5-17(23)6-4-16)13-24-32(27,28)12-11-30-19-9-7-18(29-2)8-10-19/h3-10,14,24H,11-13H2,1-2H3. The molecule has 1 N–H and O–H groups in total. The Morgan fingerprint density at radius 2 is 1.78 bits per heavy atom. The average molecular weight is 476 g/mol. The first-order valence-electron chi connectivity index (χ1n) is 9.82. The lowest BCUT2D eigenvalue weighted by Gasteiger charge is -2.09. The van der Waals surface area contributed by atoms with Crippen molar-refractivity contribution in [2.45, 2.75) is 13.5 Å². The number of hydrogen-bond donors (Lipinski definition) is 1. The minimum absolute atomic E-state index is 0.0371. The van der Waals surface area contributed by atoms with Gasteiger partial charge in [-0.2, -0.15) is 0 Å². The Kier molecular flexibility index (Phi) is 6.45. The van der Waals surface area contributed by atoms with Gasteiger partial charge in [0.15, 0.2) is 4.96 Å². The van der Waals surface area contributed by atoms with E-state index in [9.17, 15) is 12.8 Å². The smallest absolute Gasteiger partial charge is 0.215 e. The van der Waals surface area contributed by atoms with Crippen molar-refractivity contribution in [2.24, 2.45) is 0 Å². The van der Waals surface area contributed by atoms with Crippen LogP contribution in [0.3, 0.4) is 0 Å². The number of aryl methyl sites for hydroxylation is 1. The van der Waals surface area contributed by atoms with E-state index in [1.807, 2.05) is 17.5 Å². The largest absolute Gasteiger partial charge is 0.497 e. The van der Waals surface area contributed by atoms with Gasteiger partial charge in [0, 0.05) is 28.9 Å². The molecule has 0 unspecified atom stereocenters. The summed E-state index contributed by atoms with van der Waals surface area (Å²) in [4.78, 5) is 6.21. The quantitative estimate of drug-likeness (QED) is 0.396. The van der Waals surface area contributed by atoms with Crippen LogP contribution in [-0.2, 0) is 16.6 Å². The molecule has 2 heterocycles. The summed E-state index contributed by atoms with van der Waals surface area (Å²) in [6, 6.07) is 13.1. The van der Waals surface area contributed by atoms with Crippen molar-refractivity contribution >= 4 is 26.3 Å². The Balaban J connectivity index is 1.35. The fourth-order valence-corrected chi connectivity index (χ4v) is 5.05. The van der Waals surface area contributed by atoms with Crippen molar-refractivity contribution in [2.75, 3.05) is 19.5 Å². The summed E-state index contributed by atoms with van der Waals surface area (Å²) >= 11 is 1.42. The van der Waals surface area contributed by atoms with Gasteiger partial charge in [-0.15, -0.1) is 0 Å². The molecular weight excluding hydrogens is 453 g/mol. The van der Waals surface area contributed by atoms with Crippen LogP contribution in [-0.4, -0.2) is 37.3 Å². The predicted octanol–water partition coefficient (Wildman–Crippen LogP) is 4.02. The molecule has 0 aliphatic heterocycles. The number of nitrogens with zero attached hydrogens (tertiary/aromatic N) is 2. The molecule has 10 heteroatoms. The molecule has 32 heavy (non-hydrogen) atoms. The zero-order valence-electron chi connectivity index (χ0n) is 17.5. The van der Waals surface area contributed by atoms with Gasteiger partial charge in [-0.1, -0.05) is 11.3 Å². The van der Waals surface area contributed by atoms with Gasteiger partial charge in [-0.25, -0.2) is 22.5 Å². The third-order valence-electron chi connectivity index (χ3n) is 4.93. The number of aromatic nitrogens is 2. The highest BCUT2D eigenvalue weighted by atomic mass is 32.2.